The fraction of sp³-hybridized carbons (Fsp3) is 0.308. The van der Waals surface area contributed by atoms with Gasteiger partial charge < -0.3 is 4.57 Å². The normalized spacial score (nSPS) is 12.6. The molecule has 0 saturated heterocycles. The largest absolute Gasteiger partial charge is 0.338 e. The van der Waals surface area contributed by atoms with Crippen LogP contribution >= 0.6 is 15.9 Å². The van der Waals surface area contributed by atoms with Crippen molar-refractivity contribution in [3.8, 4) is 0 Å². The smallest absolute Gasteiger partial charge is 0.109 e. The van der Waals surface area contributed by atoms with Crippen molar-refractivity contribution in [2.24, 2.45) is 12.9 Å². The lowest BCUT2D eigenvalue weighted by atomic mass is 10.0. The maximum atomic E-state index is 5.62. The molecule has 0 amide bonds. The molecule has 0 saturated carbocycles. The quantitative estimate of drug-likeness (QED) is 0.654. The number of nitrogens with one attached hydrogen (secondary N) is 1. The van der Waals surface area contributed by atoms with Crippen molar-refractivity contribution in [1.82, 2.24) is 15.0 Å². The fourth-order valence-corrected chi connectivity index (χ4v) is 2.17. The van der Waals surface area contributed by atoms with Crippen molar-refractivity contribution in [2.75, 3.05) is 0 Å². The van der Waals surface area contributed by atoms with Gasteiger partial charge in [0, 0.05) is 36.4 Å². The van der Waals surface area contributed by atoms with E-state index < -0.39 is 0 Å². The molecule has 4 nitrogen and oxygen atoms in total. The maximum Gasteiger partial charge on any atom is 0.109 e. The minimum Gasteiger partial charge on any atom is -0.338 e. The lowest BCUT2D eigenvalue weighted by molar-refractivity contribution is 0.504. The molecule has 96 valence electrons. The Hall–Kier alpha value is -1.17. The average molecular weight is 309 g/mol. The predicted molar refractivity (Wildman–Crippen MR) is 75.9 cm³/mol. The van der Waals surface area contributed by atoms with Crippen LogP contribution in [-0.2, 0) is 19.9 Å². The van der Waals surface area contributed by atoms with Gasteiger partial charge in [0.05, 0.1) is 0 Å². The molecular weight excluding hydrogens is 292 g/mol. The number of rotatable bonds is 5. The van der Waals surface area contributed by atoms with Gasteiger partial charge in [0.25, 0.3) is 0 Å². The first-order valence-electron chi connectivity index (χ1n) is 5.86. The van der Waals surface area contributed by atoms with E-state index in [1.54, 1.807) is 0 Å². The van der Waals surface area contributed by atoms with Crippen LogP contribution in [0.4, 0.5) is 0 Å². The Labute approximate surface area is 115 Å². The predicted octanol–water partition coefficient (Wildman–Crippen LogP) is 1.80. The van der Waals surface area contributed by atoms with Gasteiger partial charge in [-0.15, -0.1) is 0 Å². The number of aryl methyl sites for hydroxylation is 1. The highest BCUT2D eigenvalue weighted by Crippen LogP contribution is 2.13. The summed E-state index contributed by atoms with van der Waals surface area (Å²) in [5, 5.41) is 0. The zero-order valence-electron chi connectivity index (χ0n) is 10.3. The molecule has 0 aliphatic rings. The van der Waals surface area contributed by atoms with Crippen molar-refractivity contribution < 1.29 is 0 Å². The number of halogens is 1. The van der Waals surface area contributed by atoms with E-state index in [0.29, 0.717) is 0 Å². The molecule has 0 aliphatic heterocycles. The van der Waals surface area contributed by atoms with Crippen LogP contribution in [0.25, 0.3) is 0 Å². The van der Waals surface area contributed by atoms with Crippen LogP contribution in [0.2, 0.25) is 0 Å². The Bertz CT molecular complexity index is 492. The first-order valence-corrected chi connectivity index (χ1v) is 6.65. The third-order valence-corrected chi connectivity index (χ3v) is 3.51. The molecular formula is C13H17BrN4. The third-order valence-electron chi connectivity index (χ3n) is 2.98. The number of hydrazine groups is 1. The van der Waals surface area contributed by atoms with E-state index in [4.69, 9.17) is 5.84 Å². The van der Waals surface area contributed by atoms with E-state index in [9.17, 15) is 0 Å². The molecule has 0 aliphatic carbocycles. The van der Waals surface area contributed by atoms with Crippen LogP contribution in [-0.4, -0.2) is 15.6 Å². The van der Waals surface area contributed by atoms with Crippen LogP contribution < -0.4 is 11.3 Å². The molecule has 0 fully saturated rings. The second-order valence-electron chi connectivity index (χ2n) is 4.35. The van der Waals surface area contributed by atoms with Gasteiger partial charge in [-0.25, -0.2) is 4.98 Å². The van der Waals surface area contributed by atoms with Crippen molar-refractivity contribution in [3.63, 3.8) is 0 Å². The first-order chi connectivity index (χ1) is 8.69. The van der Waals surface area contributed by atoms with Crippen LogP contribution in [0.3, 0.4) is 0 Å². The molecule has 0 bridgehead atoms. The molecule has 1 atom stereocenters. The van der Waals surface area contributed by atoms with Crippen LogP contribution in [0.1, 0.15) is 11.4 Å². The molecule has 0 spiro atoms. The monoisotopic (exact) mass is 308 g/mol. The second-order valence-corrected chi connectivity index (χ2v) is 5.27. The highest BCUT2D eigenvalue weighted by Gasteiger charge is 2.11. The number of nitrogens with zero attached hydrogens (tertiary/aromatic N) is 2. The summed E-state index contributed by atoms with van der Waals surface area (Å²) >= 11 is 3.43. The standard InChI is InChI=1S/C13H17BrN4/c1-18-7-6-16-13(18)9-12(17-15)8-10-2-4-11(14)5-3-10/h2-7,12,17H,8-9,15H2,1H3. The summed E-state index contributed by atoms with van der Waals surface area (Å²) in [6.07, 6.45) is 5.46. The van der Waals surface area contributed by atoms with Gasteiger partial charge in [-0.2, -0.15) is 0 Å². The van der Waals surface area contributed by atoms with Crippen LogP contribution in [0.15, 0.2) is 41.1 Å². The number of benzene rings is 1. The summed E-state index contributed by atoms with van der Waals surface area (Å²) in [5.41, 5.74) is 4.13. The van der Waals surface area contributed by atoms with E-state index in [1.165, 1.54) is 5.56 Å². The van der Waals surface area contributed by atoms with Crippen molar-refractivity contribution >= 4 is 15.9 Å². The third kappa shape index (κ3) is 3.41. The van der Waals surface area contributed by atoms with Crippen LogP contribution in [0.5, 0.6) is 0 Å². The first kappa shape index (κ1) is 13.3. The number of hydrogen-bond acceptors (Lipinski definition) is 3. The minimum atomic E-state index is 0.187. The summed E-state index contributed by atoms with van der Waals surface area (Å²) in [5.74, 6) is 6.66. The highest BCUT2D eigenvalue weighted by atomic mass is 79.9. The average Bonchev–Trinajstić information content (AvgIpc) is 2.77. The van der Waals surface area contributed by atoms with E-state index >= 15 is 0 Å². The van der Waals surface area contributed by atoms with Gasteiger partial charge in [0.1, 0.15) is 5.82 Å². The summed E-state index contributed by atoms with van der Waals surface area (Å²) in [6.45, 7) is 0. The van der Waals surface area contributed by atoms with Gasteiger partial charge in [-0.05, 0) is 24.1 Å². The number of aromatic nitrogens is 2. The lowest BCUT2D eigenvalue weighted by Crippen LogP contribution is -2.39. The summed E-state index contributed by atoms with van der Waals surface area (Å²) in [6, 6.07) is 8.49. The molecule has 1 aromatic heterocycles. The van der Waals surface area contributed by atoms with Gasteiger partial charge >= 0.3 is 0 Å². The number of nitrogens with two attached hydrogens (primary N) is 1. The molecule has 1 unspecified atom stereocenters. The Morgan fingerprint density at radius 2 is 2.06 bits per heavy atom. The molecule has 1 aromatic carbocycles. The maximum absolute atomic E-state index is 5.62. The van der Waals surface area contributed by atoms with E-state index in [1.807, 2.05) is 36.1 Å². The van der Waals surface area contributed by atoms with Crippen molar-refractivity contribution in [3.05, 3.63) is 52.5 Å². The van der Waals surface area contributed by atoms with E-state index in [2.05, 4.69) is 38.5 Å². The molecule has 18 heavy (non-hydrogen) atoms. The molecule has 3 N–H and O–H groups in total. The molecule has 2 rings (SSSR count). The lowest BCUT2D eigenvalue weighted by Gasteiger charge is -2.15. The molecule has 0 radical (unpaired) electrons. The second kappa shape index (κ2) is 6.13. The van der Waals surface area contributed by atoms with Crippen molar-refractivity contribution in [1.29, 1.82) is 0 Å². The van der Waals surface area contributed by atoms with Gasteiger partial charge in [0.15, 0.2) is 0 Å². The SMILES string of the molecule is Cn1ccnc1CC(Cc1ccc(Br)cc1)NN. The van der Waals surface area contributed by atoms with E-state index in [-0.39, 0.29) is 6.04 Å². The van der Waals surface area contributed by atoms with Crippen LogP contribution in [0, 0.1) is 0 Å². The Balaban J connectivity index is 2.01. The van der Waals surface area contributed by atoms with Gasteiger partial charge in [-0.3, -0.25) is 11.3 Å². The Morgan fingerprint density at radius 3 is 2.61 bits per heavy atom. The Kier molecular flexibility index (Phi) is 4.52. The number of imidazole rings is 1. The Morgan fingerprint density at radius 1 is 1.33 bits per heavy atom. The molecule has 2 aromatic rings. The molecule has 1 heterocycles. The van der Waals surface area contributed by atoms with Crippen molar-refractivity contribution in [2.45, 2.75) is 18.9 Å². The number of hydrogen-bond donors (Lipinski definition) is 2. The van der Waals surface area contributed by atoms with E-state index in [0.717, 1.165) is 23.1 Å². The summed E-state index contributed by atoms with van der Waals surface area (Å²) < 4.78 is 3.11. The topological polar surface area (TPSA) is 55.9 Å². The summed E-state index contributed by atoms with van der Waals surface area (Å²) in [4.78, 5) is 4.32. The van der Waals surface area contributed by atoms with Gasteiger partial charge in [0.2, 0.25) is 0 Å². The molecule has 5 heteroatoms. The summed E-state index contributed by atoms with van der Waals surface area (Å²) in [7, 11) is 2.00. The van der Waals surface area contributed by atoms with Gasteiger partial charge in [-0.1, -0.05) is 28.1 Å². The highest BCUT2D eigenvalue weighted by molar-refractivity contribution is 9.10. The zero-order chi connectivity index (χ0) is 13.0. The zero-order valence-corrected chi connectivity index (χ0v) is 11.9. The fourth-order valence-electron chi connectivity index (χ4n) is 1.91. The minimum absolute atomic E-state index is 0.187.